The Balaban J connectivity index is 2.12. The lowest BCUT2D eigenvalue weighted by Gasteiger charge is -2.09. The van der Waals surface area contributed by atoms with Gasteiger partial charge >= 0.3 is 0 Å². The van der Waals surface area contributed by atoms with Gasteiger partial charge in [-0.15, -0.1) is 0 Å². The second kappa shape index (κ2) is 5.48. The Hall–Kier alpha value is -2.43. The first kappa shape index (κ1) is 13.0. The molecule has 0 amide bonds. The number of nitro groups is 1. The van der Waals surface area contributed by atoms with E-state index in [9.17, 15) is 10.1 Å². The Morgan fingerprint density at radius 1 is 1.26 bits per heavy atom. The van der Waals surface area contributed by atoms with Crippen LogP contribution in [0.25, 0.3) is 0 Å². The molecule has 0 saturated carbocycles. The molecular formula is C14H15N3O2. The van der Waals surface area contributed by atoms with Gasteiger partial charge in [-0.3, -0.25) is 15.1 Å². The molecule has 0 radical (unpaired) electrons. The third kappa shape index (κ3) is 3.28. The summed E-state index contributed by atoms with van der Waals surface area (Å²) in [7, 11) is 0. The van der Waals surface area contributed by atoms with E-state index in [-0.39, 0.29) is 5.69 Å². The van der Waals surface area contributed by atoms with Crippen LogP contribution in [0.2, 0.25) is 0 Å². The molecule has 5 heteroatoms. The fourth-order valence-corrected chi connectivity index (χ4v) is 1.71. The van der Waals surface area contributed by atoms with E-state index in [4.69, 9.17) is 0 Å². The quantitative estimate of drug-likeness (QED) is 0.674. The molecule has 98 valence electrons. The van der Waals surface area contributed by atoms with E-state index in [2.05, 4.69) is 10.3 Å². The standard InChI is InChI=1S/C14H15N3O2/c1-10-3-6-13(17(18)19)7-14(10)16-9-12-5-4-11(2)15-8-12/h3-8,16H,9H2,1-2H3. The summed E-state index contributed by atoms with van der Waals surface area (Å²) in [6.07, 6.45) is 1.80. The van der Waals surface area contributed by atoms with Crippen molar-refractivity contribution in [2.45, 2.75) is 20.4 Å². The summed E-state index contributed by atoms with van der Waals surface area (Å²) in [6.45, 7) is 4.44. The monoisotopic (exact) mass is 257 g/mol. The summed E-state index contributed by atoms with van der Waals surface area (Å²) in [4.78, 5) is 14.6. The molecule has 0 spiro atoms. The summed E-state index contributed by atoms with van der Waals surface area (Å²) < 4.78 is 0. The first-order chi connectivity index (χ1) is 9.06. The summed E-state index contributed by atoms with van der Waals surface area (Å²) in [5.74, 6) is 0. The minimum atomic E-state index is -0.391. The zero-order valence-corrected chi connectivity index (χ0v) is 10.9. The fourth-order valence-electron chi connectivity index (χ4n) is 1.71. The number of non-ortho nitro benzene ring substituents is 1. The summed E-state index contributed by atoms with van der Waals surface area (Å²) >= 11 is 0. The number of aromatic nitrogens is 1. The summed E-state index contributed by atoms with van der Waals surface area (Å²) in [5, 5.41) is 13.9. The first-order valence-electron chi connectivity index (χ1n) is 5.97. The number of nitrogens with zero attached hydrogens (tertiary/aromatic N) is 2. The number of pyridine rings is 1. The number of nitro benzene ring substituents is 1. The molecule has 1 N–H and O–H groups in total. The van der Waals surface area contributed by atoms with Crippen molar-refractivity contribution in [1.29, 1.82) is 0 Å². The van der Waals surface area contributed by atoms with Gasteiger partial charge in [0, 0.05) is 36.3 Å². The number of anilines is 1. The zero-order valence-electron chi connectivity index (χ0n) is 10.9. The molecule has 0 unspecified atom stereocenters. The van der Waals surface area contributed by atoms with Gasteiger partial charge in [0.1, 0.15) is 0 Å². The maximum atomic E-state index is 10.7. The summed E-state index contributed by atoms with van der Waals surface area (Å²) in [5.41, 5.74) is 3.85. The molecular weight excluding hydrogens is 242 g/mol. The number of benzene rings is 1. The van der Waals surface area contributed by atoms with Crippen molar-refractivity contribution >= 4 is 11.4 Å². The lowest BCUT2D eigenvalue weighted by Crippen LogP contribution is -2.02. The van der Waals surface area contributed by atoms with Crippen LogP contribution in [-0.4, -0.2) is 9.91 Å². The highest BCUT2D eigenvalue weighted by molar-refractivity contribution is 5.56. The van der Waals surface area contributed by atoms with Gasteiger partial charge in [-0.05, 0) is 31.0 Å². The van der Waals surface area contributed by atoms with E-state index >= 15 is 0 Å². The van der Waals surface area contributed by atoms with Gasteiger partial charge in [-0.25, -0.2) is 0 Å². The average molecular weight is 257 g/mol. The van der Waals surface area contributed by atoms with Crippen LogP contribution in [0.5, 0.6) is 0 Å². The van der Waals surface area contributed by atoms with Gasteiger partial charge in [-0.1, -0.05) is 12.1 Å². The van der Waals surface area contributed by atoms with Crippen LogP contribution in [0.3, 0.4) is 0 Å². The maximum absolute atomic E-state index is 10.7. The third-order valence-electron chi connectivity index (χ3n) is 2.89. The largest absolute Gasteiger partial charge is 0.380 e. The molecule has 5 nitrogen and oxygen atoms in total. The van der Waals surface area contributed by atoms with Crippen molar-refractivity contribution in [2.75, 3.05) is 5.32 Å². The van der Waals surface area contributed by atoms with Crippen LogP contribution in [0.15, 0.2) is 36.5 Å². The third-order valence-corrected chi connectivity index (χ3v) is 2.89. The predicted octanol–water partition coefficient (Wildman–Crippen LogP) is 3.22. The molecule has 2 aromatic rings. The van der Waals surface area contributed by atoms with Crippen molar-refractivity contribution in [3.8, 4) is 0 Å². The molecule has 0 aliphatic carbocycles. The Labute approximate surface area is 111 Å². The normalized spacial score (nSPS) is 10.2. The number of rotatable bonds is 4. The van der Waals surface area contributed by atoms with Gasteiger partial charge in [0.15, 0.2) is 0 Å². The highest BCUT2D eigenvalue weighted by Gasteiger charge is 2.08. The van der Waals surface area contributed by atoms with Crippen LogP contribution >= 0.6 is 0 Å². The molecule has 19 heavy (non-hydrogen) atoms. The van der Waals surface area contributed by atoms with E-state index < -0.39 is 4.92 Å². The highest BCUT2D eigenvalue weighted by Crippen LogP contribution is 2.22. The van der Waals surface area contributed by atoms with Gasteiger partial charge in [0.25, 0.3) is 5.69 Å². The van der Waals surface area contributed by atoms with Crippen molar-refractivity contribution in [1.82, 2.24) is 4.98 Å². The van der Waals surface area contributed by atoms with Crippen LogP contribution in [0.1, 0.15) is 16.8 Å². The minimum absolute atomic E-state index is 0.0927. The van der Waals surface area contributed by atoms with Crippen LogP contribution in [0, 0.1) is 24.0 Å². The lowest BCUT2D eigenvalue weighted by molar-refractivity contribution is -0.384. The van der Waals surface area contributed by atoms with Gasteiger partial charge < -0.3 is 5.32 Å². The number of hydrogen-bond donors (Lipinski definition) is 1. The predicted molar refractivity (Wildman–Crippen MR) is 74.1 cm³/mol. The van der Waals surface area contributed by atoms with Crippen molar-refractivity contribution in [3.05, 3.63) is 63.5 Å². The van der Waals surface area contributed by atoms with Gasteiger partial charge in [0.2, 0.25) is 0 Å². The van der Waals surface area contributed by atoms with Crippen molar-refractivity contribution in [3.63, 3.8) is 0 Å². The molecule has 0 aliphatic rings. The number of nitrogens with one attached hydrogen (secondary N) is 1. The molecule has 1 aromatic carbocycles. The van der Waals surface area contributed by atoms with E-state index in [1.54, 1.807) is 18.3 Å². The second-order valence-corrected chi connectivity index (χ2v) is 4.42. The molecule has 0 fully saturated rings. The molecule has 1 aromatic heterocycles. The SMILES string of the molecule is Cc1ccc(CNc2cc([N+](=O)[O-])ccc2C)cn1. The second-order valence-electron chi connectivity index (χ2n) is 4.42. The Morgan fingerprint density at radius 2 is 2.05 bits per heavy atom. The Bertz CT molecular complexity index is 594. The minimum Gasteiger partial charge on any atom is -0.380 e. The molecule has 0 atom stereocenters. The van der Waals surface area contributed by atoms with Crippen LogP contribution < -0.4 is 5.32 Å². The van der Waals surface area contributed by atoms with Gasteiger partial charge in [-0.2, -0.15) is 0 Å². The molecule has 2 rings (SSSR count). The smallest absolute Gasteiger partial charge is 0.271 e. The molecule has 1 heterocycles. The van der Waals surface area contributed by atoms with Crippen LogP contribution in [-0.2, 0) is 6.54 Å². The number of aryl methyl sites for hydroxylation is 2. The van der Waals surface area contributed by atoms with Crippen molar-refractivity contribution in [2.24, 2.45) is 0 Å². The lowest BCUT2D eigenvalue weighted by atomic mass is 10.1. The number of hydrogen-bond acceptors (Lipinski definition) is 4. The highest BCUT2D eigenvalue weighted by atomic mass is 16.6. The molecule has 0 aliphatic heterocycles. The van der Waals surface area contributed by atoms with Gasteiger partial charge in [0.05, 0.1) is 4.92 Å². The topological polar surface area (TPSA) is 68.1 Å². The summed E-state index contributed by atoms with van der Waals surface area (Å²) in [6, 6.07) is 8.73. The molecule has 0 saturated heterocycles. The fraction of sp³-hybridized carbons (Fsp3) is 0.214. The van der Waals surface area contributed by atoms with Crippen molar-refractivity contribution < 1.29 is 4.92 Å². The van der Waals surface area contributed by atoms with E-state index in [1.165, 1.54) is 6.07 Å². The van der Waals surface area contributed by atoms with E-state index in [0.717, 1.165) is 22.5 Å². The van der Waals surface area contributed by atoms with Crippen LogP contribution in [0.4, 0.5) is 11.4 Å². The maximum Gasteiger partial charge on any atom is 0.271 e. The first-order valence-corrected chi connectivity index (χ1v) is 5.97. The van der Waals surface area contributed by atoms with E-state index in [1.807, 2.05) is 26.0 Å². The Kier molecular flexibility index (Phi) is 3.75. The molecule has 0 bridgehead atoms. The Morgan fingerprint density at radius 3 is 2.68 bits per heavy atom. The van der Waals surface area contributed by atoms with E-state index in [0.29, 0.717) is 6.54 Å². The zero-order chi connectivity index (χ0) is 13.8. The average Bonchev–Trinajstić information content (AvgIpc) is 2.39.